The first-order valence-electron chi connectivity index (χ1n) is 9.40. The molecular formula is C19H26N4O4. The maximum Gasteiger partial charge on any atom is 0.410 e. The monoisotopic (exact) mass is 374 g/mol. The lowest BCUT2D eigenvalue weighted by Gasteiger charge is -2.18. The number of urea groups is 1. The molecule has 0 radical (unpaired) electrons. The molecule has 4 amide bonds. The first kappa shape index (κ1) is 19.0. The maximum absolute atomic E-state index is 12.2. The van der Waals surface area contributed by atoms with Gasteiger partial charge in [-0.25, -0.2) is 9.59 Å². The summed E-state index contributed by atoms with van der Waals surface area (Å²) in [6.07, 6.45) is 3.85. The summed E-state index contributed by atoms with van der Waals surface area (Å²) < 4.78 is 4.93. The molecule has 1 saturated heterocycles. The summed E-state index contributed by atoms with van der Waals surface area (Å²) in [5, 5.41) is 8.31. The van der Waals surface area contributed by atoms with Crippen LogP contribution in [-0.2, 0) is 16.1 Å². The van der Waals surface area contributed by atoms with Gasteiger partial charge in [0.25, 0.3) is 0 Å². The average molecular weight is 374 g/mol. The van der Waals surface area contributed by atoms with Crippen molar-refractivity contribution in [3.8, 4) is 0 Å². The number of anilines is 1. The number of ether oxygens (including phenoxy) is 1. The van der Waals surface area contributed by atoms with Crippen molar-refractivity contribution in [3.63, 3.8) is 0 Å². The molecule has 8 heteroatoms. The Hall–Kier alpha value is -2.77. The Kier molecular flexibility index (Phi) is 6.16. The van der Waals surface area contributed by atoms with Crippen LogP contribution in [0.3, 0.4) is 0 Å². The molecule has 3 rings (SSSR count). The van der Waals surface area contributed by atoms with Gasteiger partial charge in [0.15, 0.2) is 0 Å². The van der Waals surface area contributed by atoms with Gasteiger partial charge in [-0.15, -0.1) is 0 Å². The van der Waals surface area contributed by atoms with Crippen LogP contribution < -0.4 is 16.0 Å². The van der Waals surface area contributed by atoms with E-state index in [1.165, 1.54) is 0 Å². The molecule has 8 nitrogen and oxygen atoms in total. The summed E-state index contributed by atoms with van der Waals surface area (Å²) in [6, 6.07) is 6.64. The van der Waals surface area contributed by atoms with Gasteiger partial charge in [0.05, 0.1) is 6.54 Å². The van der Waals surface area contributed by atoms with E-state index in [0.29, 0.717) is 19.7 Å². The number of carbonyl (C=O) groups is 3. The Morgan fingerprint density at radius 1 is 1.30 bits per heavy atom. The Labute approximate surface area is 158 Å². The number of cyclic esters (lactones) is 1. The van der Waals surface area contributed by atoms with Gasteiger partial charge < -0.3 is 20.3 Å². The van der Waals surface area contributed by atoms with Crippen LogP contribution in [0.2, 0.25) is 0 Å². The molecule has 27 heavy (non-hydrogen) atoms. The summed E-state index contributed by atoms with van der Waals surface area (Å²) in [6.45, 7) is 3.14. The second-order valence-corrected chi connectivity index (χ2v) is 7.05. The zero-order chi connectivity index (χ0) is 19.2. The maximum atomic E-state index is 12.2. The third-order valence-corrected chi connectivity index (χ3v) is 4.85. The largest absolute Gasteiger partial charge is 0.448 e. The molecule has 1 aromatic rings. The molecule has 2 aliphatic rings. The lowest BCUT2D eigenvalue weighted by Crippen LogP contribution is -2.48. The predicted octanol–water partition coefficient (Wildman–Crippen LogP) is 2.21. The van der Waals surface area contributed by atoms with E-state index in [1.807, 2.05) is 24.3 Å². The smallest absolute Gasteiger partial charge is 0.410 e. The van der Waals surface area contributed by atoms with E-state index >= 15 is 0 Å². The lowest BCUT2D eigenvalue weighted by atomic mass is 10.1. The van der Waals surface area contributed by atoms with Gasteiger partial charge >= 0.3 is 12.1 Å². The first-order valence-corrected chi connectivity index (χ1v) is 9.40. The van der Waals surface area contributed by atoms with Crippen molar-refractivity contribution in [1.82, 2.24) is 15.5 Å². The fourth-order valence-corrected chi connectivity index (χ4v) is 3.38. The van der Waals surface area contributed by atoms with Gasteiger partial charge in [0, 0.05) is 18.3 Å². The highest BCUT2D eigenvalue weighted by Gasteiger charge is 2.22. The molecule has 146 valence electrons. The number of nitrogens with zero attached hydrogens (tertiary/aromatic N) is 1. The van der Waals surface area contributed by atoms with E-state index in [0.717, 1.165) is 36.9 Å². The van der Waals surface area contributed by atoms with Crippen LogP contribution in [0.25, 0.3) is 0 Å². The minimum absolute atomic E-state index is 0.162. The van der Waals surface area contributed by atoms with Gasteiger partial charge in [-0.2, -0.15) is 0 Å². The van der Waals surface area contributed by atoms with Crippen LogP contribution in [0.15, 0.2) is 24.3 Å². The summed E-state index contributed by atoms with van der Waals surface area (Å²) in [5.41, 5.74) is 1.68. The van der Waals surface area contributed by atoms with E-state index in [4.69, 9.17) is 4.74 Å². The number of rotatable bonds is 6. The van der Waals surface area contributed by atoms with Crippen LogP contribution in [0.1, 0.15) is 38.2 Å². The molecule has 0 spiro atoms. The third kappa shape index (κ3) is 5.35. The van der Waals surface area contributed by atoms with Crippen LogP contribution >= 0.6 is 0 Å². The van der Waals surface area contributed by atoms with Gasteiger partial charge in [-0.1, -0.05) is 25.0 Å². The van der Waals surface area contributed by atoms with Crippen molar-refractivity contribution in [2.75, 3.05) is 18.5 Å². The lowest BCUT2D eigenvalue weighted by molar-refractivity contribution is -0.120. The topological polar surface area (TPSA) is 99.8 Å². The number of benzene rings is 1. The second kappa shape index (κ2) is 8.75. The number of imide groups is 1. The van der Waals surface area contributed by atoms with Crippen molar-refractivity contribution < 1.29 is 19.1 Å². The molecule has 0 bridgehead atoms. The van der Waals surface area contributed by atoms with Gasteiger partial charge in [-0.05, 0) is 37.5 Å². The Balaban J connectivity index is 1.49. The number of carbonyl (C=O) groups excluding carboxylic acids is 3. The van der Waals surface area contributed by atoms with E-state index in [9.17, 15) is 14.4 Å². The Bertz CT molecular complexity index is 703. The van der Waals surface area contributed by atoms with Crippen LogP contribution in [-0.4, -0.2) is 48.2 Å². The highest BCUT2D eigenvalue weighted by atomic mass is 16.6. The van der Waals surface area contributed by atoms with E-state index < -0.39 is 12.1 Å². The fraction of sp³-hybridized carbons (Fsp3) is 0.526. The van der Waals surface area contributed by atoms with E-state index in [2.05, 4.69) is 16.0 Å². The normalized spacial score (nSPS) is 18.1. The summed E-state index contributed by atoms with van der Waals surface area (Å²) in [5.74, 6) is -0.390. The Morgan fingerprint density at radius 2 is 2.07 bits per heavy atom. The summed E-state index contributed by atoms with van der Waals surface area (Å²) in [4.78, 5) is 37.3. The minimum Gasteiger partial charge on any atom is -0.448 e. The zero-order valence-electron chi connectivity index (χ0n) is 15.5. The molecular weight excluding hydrogens is 348 g/mol. The molecule has 1 atom stereocenters. The molecule has 2 fully saturated rings. The standard InChI is InChI=1S/C19H26N4O4/c1-13(17(24)22-18(25)21-15-6-2-3-7-15)20-16-8-4-5-14(11-16)12-23-9-10-27-19(23)26/h4-5,8,11,13,15,20H,2-3,6-7,9-10,12H2,1H3,(H2,21,22,24,25). The number of nitrogens with one attached hydrogen (secondary N) is 3. The van der Waals surface area contributed by atoms with Crippen LogP contribution in [0, 0.1) is 0 Å². The Morgan fingerprint density at radius 3 is 2.78 bits per heavy atom. The quantitative estimate of drug-likeness (QED) is 0.709. The van der Waals surface area contributed by atoms with Gasteiger partial charge in [0.2, 0.25) is 5.91 Å². The van der Waals surface area contributed by atoms with Crippen molar-refractivity contribution in [1.29, 1.82) is 0 Å². The summed E-state index contributed by atoms with van der Waals surface area (Å²) in [7, 11) is 0. The zero-order valence-corrected chi connectivity index (χ0v) is 15.5. The van der Waals surface area contributed by atoms with Gasteiger partial charge in [0.1, 0.15) is 12.6 Å². The number of hydrogen-bond acceptors (Lipinski definition) is 5. The number of hydrogen-bond donors (Lipinski definition) is 3. The highest BCUT2D eigenvalue weighted by Crippen LogP contribution is 2.18. The minimum atomic E-state index is -0.577. The molecule has 1 unspecified atom stereocenters. The van der Waals surface area contributed by atoms with E-state index in [1.54, 1.807) is 11.8 Å². The van der Waals surface area contributed by atoms with Crippen molar-refractivity contribution in [2.24, 2.45) is 0 Å². The SMILES string of the molecule is CC(Nc1cccc(CN2CCOC2=O)c1)C(=O)NC(=O)NC1CCCC1. The summed E-state index contributed by atoms with van der Waals surface area (Å²) >= 11 is 0. The molecule has 0 aromatic heterocycles. The third-order valence-electron chi connectivity index (χ3n) is 4.85. The fourth-order valence-electron chi connectivity index (χ4n) is 3.38. The van der Waals surface area contributed by atoms with Gasteiger partial charge in [-0.3, -0.25) is 10.1 Å². The van der Waals surface area contributed by atoms with Crippen LogP contribution in [0.4, 0.5) is 15.3 Å². The van der Waals surface area contributed by atoms with Crippen molar-refractivity contribution >= 4 is 23.7 Å². The number of amides is 4. The molecule has 1 aliphatic heterocycles. The highest BCUT2D eigenvalue weighted by molar-refractivity contribution is 5.98. The molecule has 1 aliphatic carbocycles. The molecule has 1 heterocycles. The van der Waals surface area contributed by atoms with Crippen molar-refractivity contribution in [3.05, 3.63) is 29.8 Å². The van der Waals surface area contributed by atoms with Crippen molar-refractivity contribution in [2.45, 2.75) is 51.2 Å². The van der Waals surface area contributed by atoms with Crippen LogP contribution in [0.5, 0.6) is 0 Å². The first-order chi connectivity index (χ1) is 13.0. The average Bonchev–Trinajstić information content (AvgIpc) is 3.27. The van der Waals surface area contributed by atoms with E-state index in [-0.39, 0.29) is 18.0 Å². The molecule has 3 N–H and O–H groups in total. The second-order valence-electron chi connectivity index (χ2n) is 7.05. The predicted molar refractivity (Wildman–Crippen MR) is 100 cm³/mol. The molecule has 1 saturated carbocycles. The molecule has 1 aromatic carbocycles.